The second-order valence-corrected chi connectivity index (χ2v) is 3.97. The van der Waals surface area contributed by atoms with Crippen LogP contribution in [0.25, 0.3) is 0 Å². The first-order valence-corrected chi connectivity index (χ1v) is 5.04. The maximum Gasteiger partial charge on any atom is 0.224 e. The molecule has 1 aliphatic rings. The van der Waals surface area contributed by atoms with Crippen molar-refractivity contribution in [1.82, 2.24) is 9.97 Å². The van der Waals surface area contributed by atoms with E-state index in [1.165, 1.54) is 0 Å². The van der Waals surface area contributed by atoms with Gasteiger partial charge < -0.3 is 10.6 Å². The van der Waals surface area contributed by atoms with Crippen molar-refractivity contribution >= 4 is 29.8 Å². The summed E-state index contributed by atoms with van der Waals surface area (Å²) in [6, 6.07) is 2.19. The standard InChI is InChI=1S/C9H13ClN4.ClH/c1-6-4-8(13-9(10)12-6)14-3-2-7(11)5-14;/h4,7H,2-3,5,11H2,1H3;1H/t7-;/m0./s1. The van der Waals surface area contributed by atoms with Crippen LogP contribution in [-0.2, 0) is 0 Å². The van der Waals surface area contributed by atoms with E-state index in [0.29, 0.717) is 5.28 Å². The van der Waals surface area contributed by atoms with E-state index in [1.54, 1.807) is 0 Å². The lowest BCUT2D eigenvalue weighted by Crippen LogP contribution is -2.27. The molecule has 2 heterocycles. The molecule has 6 heteroatoms. The van der Waals surface area contributed by atoms with E-state index in [1.807, 2.05) is 13.0 Å². The quantitative estimate of drug-likeness (QED) is 0.764. The fraction of sp³-hybridized carbons (Fsp3) is 0.556. The van der Waals surface area contributed by atoms with Crippen LogP contribution in [0.15, 0.2) is 6.07 Å². The highest BCUT2D eigenvalue weighted by Gasteiger charge is 2.20. The van der Waals surface area contributed by atoms with E-state index in [4.69, 9.17) is 17.3 Å². The Kier molecular flexibility index (Phi) is 4.13. The summed E-state index contributed by atoms with van der Waals surface area (Å²) in [5.41, 5.74) is 6.71. The van der Waals surface area contributed by atoms with Crippen LogP contribution in [0.1, 0.15) is 12.1 Å². The normalized spacial score (nSPS) is 20.2. The van der Waals surface area contributed by atoms with Crippen LogP contribution >= 0.6 is 24.0 Å². The van der Waals surface area contributed by atoms with Gasteiger partial charge in [-0.15, -0.1) is 12.4 Å². The average Bonchev–Trinajstić information content (AvgIpc) is 2.50. The molecule has 0 aromatic carbocycles. The Morgan fingerprint density at radius 3 is 2.80 bits per heavy atom. The highest BCUT2D eigenvalue weighted by molar-refractivity contribution is 6.28. The smallest absolute Gasteiger partial charge is 0.224 e. The summed E-state index contributed by atoms with van der Waals surface area (Å²) in [5.74, 6) is 0.885. The van der Waals surface area contributed by atoms with Crippen molar-refractivity contribution in [1.29, 1.82) is 0 Å². The summed E-state index contributed by atoms with van der Waals surface area (Å²) >= 11 is 5.78. The molecule has 15 heavy (non-hydrogen) atoms. The zero-order valence-corrected chi connectivity index (χ0v) is 10.1. The zero-order chi connectivity index (χ0) is 10.1. The molecular weight excluding hydrogens is 235 g/mol. The summed E-state index contributed by atoms with van der Waals surface area (Å²) in [5, 5.41) is 0.306. The van der Waals surface area contributed by atoms with E-state index >= 15 is 0 Å². The van der Waals surface area contributed by atoms with Crippen LogP contribution in [0.4, 0.5) is 5.82 Å². The SMILES string of the molecule is Cc1cc(N2CC[C@H](N)C2)nc(Cl)n1.Cl. The molecule has 0 saturated carbocycles. The maximum atomic E-state index is 5.82. The second kappa shape index (κ2) is 4.96. The third-order valence-electron chi connectivity index (χ3n) is 2.36. The topological polar surface area (TPSA) is 55.0 Å². The van der Waals surface area contributed by atoms with Gasteiger partial charge in [-0.1, -0.05) is 0 Å². The molecule has 4 nitrogen and oxygen atoms in total. The Bertz CT molecular complexity index is 325. The number of rotatable bonds is 1. The van der Waals surface area contributed by atoms with Crippen molar-refractivity contribution in [3.8, 4) is 0 Å². The summed E-state index contributed by atoms with van der Waals surface area (Å²) < 4.78 is 0. The van der Waals surface area contributed by atoms with Crippen LogP contribution in [0.3, 0.4) is 0 Å². The summed E-state index contributed by atoms with van der Waals surface area (Å²) in [7, 11) is 0. The third kappa shape index (κ3) is 2.93. The van der Waals surface area contributed by atoms with Gasteiger partial charge in [0.25, 0.3) is 0 Å². The minimum absolute atomic E-state index is 0. The van der Waals surface area contributed by atoms with Gasteiger partial charge in [-0.2, -0.15) is 0 Å². The van der Waals surface area contributed by atoms with Crippen LogP contribution in [0.5, 0.6) is 0 Å². The third-order valence-corrected chi connectivity index (χ3v) is 2.53. The Morgan fingerprint density at radius 1 is 1.53 bits per heavy atom. The first-order chi connectivity index (χ1) is 6.65. The van der Waals surface area contributed by atoms with Crippen LogP contribution in [0, 0.1) is 6.92 Å². The highest BCUT2D eigenvalue weighted by atomic mass is 35.5. The molecule has 1 saturated heterocycles. The van der Waals surface area contributed by atoms with Crippen molar-refractivity contribution < 1.29 is 0 Å². The molecule has 0 spiro atoms. The maximum absolute atomic E-state index is 5.82. The van der Waals surface area contributed by atoms with Gasteiger partial charge in [-0.05, 0) is 24.9 Å². The predicted octanol–water partition coefficient (Wildman–Crippen LogP) is 1.40. The first kappa shape index (κ1) is 12.5. The molecule has 1 fully saturated rings. The number of aromatic nitrogens is 2. The number of aryl methyl sites for hydroxylation is 1. The van der Waals surface area contributed by atoms with E-state index in [9.17, 15) is 0 Å². The second-order valence-electron chi connectivity index (χ2n) is 3.63. The first-order valence-electron chi connectivity index (χ1n) is 4.67. The minimum atomic E-state index is 0. The molecule has 1 atom stereocenters. The number of anilines is 1. The van der Waals surface area contributed by atoms with Gasteiger partial charge in [0.1, 0.15) is 5.82 Å². The fourth-order valence-electron chi connectivity index (χ4n) is 1.67. The van der Waals surface area contributed by atoms with Gasteiger partial charge in [0.15, 0.2) is 0 Å². The molecule has 0 aliphatic carbocycles. The Balaban J connectivity index is 0.00000112. The van der Waals surface area contributed by atoms with Crippen LogP contribution < -0.4 is 10.6 Å². The number of nitrogens with zero attached hydrogens (tertiary/aromatic N) is 3. The van der Waals surface area contributed by atoms with Gasteiger partial charge >= 0.3 is 0 Å². The molecule has 2 N–H and O–H groups in total. The van der Waals surface area contributed by atoms with E-state index in [-0.39, 0.29) is 18.4 Å². The lowest BCUT2D eigenvalue weighted by atomic mass is 10.3. The van der Waals surface area contributed by atoms with E-state index in [2.05, 4.69) is 14.9 Å². The molecule has 84 valence electrons. The van der Waals surface area contributed by atoms with E-state index < -0.39 is 0 Å². The van der Waals surface area contributed by atoms with Gasteiger partial charge in [0.2, 0.25) is 5.28 Å². The summed E-state index contributed by atoms with van der Waals surface area (Å²) in [4.78, 5) is 10.3. The van der Waals surface area contributed by atoms with Crippen molar-refractivity contribution in [3.05, 3.63) is 17.0 Å². The van der Waals surface area contributed by atoms with Gasteiger partial charge in [-0.25, -0.2) is 9.97 Å². The number of hydrogen-bond donors (Lipinski definition) is 1. The molecular formula is C9H14Cl2N4. The minimum Gasteiger partial charge on any atom is -0.355 e. The van der Waals surface area contributed by atoms with Crippen molar-refractivity contribution in [3.63, 3.8) is 0 Å². The average molecular weight is 249 g/mol. The molecule has 0 amide bonds. The molecule has 0 unspecified atom stereocenters. The molecule has 1 aliphatic heterocycles. The molecule has 1 aromatic heterocycles. The monoisotopic (exact) mass is 248 g/mol. The van der Waals surface area contributed by atoms with Gasteiger partial charge in [0.05, 0.1) is 0 Å². The van der Waals surface area contributed by atoms with Gasteiger partial charge in [-0.3, -0.25) is 0 Å². The lowest BCUT2D eigenvalue weighted by molar-refractivity contribution is 0.751. The lowest BCUT2D eigenvalue weighted by Gasteiger charge is -2.16. The summed E-state index contributed by atoms with van der Waals surface area (Å²) in [6.07, 6.45) is 1.01. The summed E-state index contributed by atoms with van der Waals surface area (Å²) in [6.45, 7) is 3.72. The number of hydrogen-bond acceptors (Lipinski definition) is 4. The Hall–Kier alpha value is -0.580. The van der Waals surface area contributed by atoms with E-state index in [0.717, 1.165) is 31.0 Å². The van der Waals surface area contributed by atoms with Crippen molar-refractivity contribution in [2.24, 2.45) is 5.73 Å². The number of nitrogens with two attached hydrogens (primary N) is 1. The predicted molar refractivity (Wildman–Crippen MR) is 63.8 cm³/mol. The molecule has 0 bridgehead atoms. The van der Waals surface area contributed by atoms with Crippen molar-refractivity contribution in [2.45, 2.75) is 19.4 Å². The largest absolute Gasteiger partial charge is 0.355 e. The van der Waals surface area contributed by atoms with Crippen LogP contribution in [0.2, 0.25) is 5.28 Å². The fourth-order valence-corrected chi connectivity index (χ4v) is 1.89. The zero-order valence-electron chi connectivity index (χ0n) is 8.48. The molecule has 2 rings (SSSR count). The Labute approximate surface area is 100 Å². The number of halogens is 2. The highest BCUT2D eigenvalue weighted by Crippen LogP contribution is 2.19. The van der Waals surface area contributed by atoms with Crippen LogP contribution in [-0.4, -0.2) is 29.1 Å². The molecule has 1 aromatic rings. The Morgan fingerprint density at radius 2 is 2.27 bits per heavy atom. The van der Waals surface area contributed by atoms with Crippen molar-refractivity contribution in [2.75, 3.05) is 18.0 Å². The molecule has 0 radical (unpaired) electrons. The van der Waals surface area contributed by atoms with Gasteiger partial charge in [0, 0.05) is 30.9 Å².